The molecule has 2 nitrogen and oxygen atoms in total. The Morgan fingerprint density at radius 2 is 1.44 bits per heavy atom. The fourth-order valence-corrected chi connectivity index (χ4v) is 1.77. The van der Waals surface area contributed by atoms with Crippen molar-refractivity contribution >= 4 is 0 Å². The van der Waals surface area contributed by atoms with Gasteiger partial charge in [-0.3, -0.25) is 0 Å². The molecule has 0 radical (unpaired) electrons. The van der Waals surface area contributed by atoms with Crippen molar-refractivity contribution in [1.82, 2.24) is 0 Å². The normalized spacial score (nSPS) is 12.2. The van der Waals surface area contributed by atoms with Gasteiger partial charge in [0.25, 0.3) is 0 Å². The van der Waals surface area contributed by atoms with E-state index in [0.717, 1.165) is 23.5 Å². The van der Waals surface area contributed by atoms with E-state index >= 15 is 0 Å². The third-order valence-electron chi connectivity index (χ3n) is 2.97. The summed E-state index contributed by atoms with van der Waals surface area (Å²) in [6.45, 7) is 4.11. The van der Waals surface area contributed by atoms with Crippen molar-refractivity contribution < 1.29 is 4.74 Å². The molecular weight excluding hydrogens is 222 g/mol. The van der Waals surface area contributed by atoms with Crippen molar-refractivity contribution in [2.24, 2.45) is 5.73 Å². The van der Waals surface area contributed by atoms with Crippen molar-refractivity contribution in [2.45, 2.75) is 26.3 Å². The topological polar surface area (TPSA) is 35.2 Å². The summed E-state index contributed by atoms with van der Waals surface area (Å²) in [5.74, 6) is 1.70. The van der Waals surface area contributed by atoms with Gasteiger partial charge in [-0.05, 0) is 48.7 Å². The monoisotopic (exact) mass is 241 g/mol. The number of benzene rings is 2. The molecule has 18 heavy (non-hydrogen) atoms. The lowest BCUT2D eigenvalue weighted by Gasteiger charge is -2.09. The first-order valence-corrected chi connectivity index (χ1v) is 6.31. The van der Waals surface area contributed by atoms with Crippen molar-refractivity contribution in [3.05, 3.63) is 59.7 Å². The highest BCUT2D eigenvalue weighted by Crippen LogP contribution is 2.23. The van der Waals surface area contributed by atoms with Crippen LogP contribution in [0.25, 0.3) is 0 Å². The fourth-order valence-electron chi connectivity index (χ4n) is 1.77. The van der Waals surface area contributed by atoms with Gasteiger partial charge in [0.15, 0.2) is 0 Å². The minimum absolute atomic E-state index is 0.0582. The summed E-state index contributed by atoms with van der Waals surface area (Å²) in [4.78, 5) is 0. The van der Waals surface area contributed by atoms with Gasteiger partial charge in [-0.2, -0.15) is 0 Å². The van der Waals surface area contributed by atoms with Crippen LogP contribution in [0.2, 0.25) is 0 Å². The molecule has 0 aromatic heterocycles. The van der Waals surface area contributed by atoms with Crippen LogP contribution < -0.4 is 10.5 Å². The van der Waals surface area contributed by atoms with E-state index < -0.39 is 0 Å². The Hall–Kier alpha value is -1.80. The molecule has 0 aliphatic rings. The smallest absolute Gasteiger partial charge is 0.127 e. The first-order chi connectivity index (χ1) is 8.69. The third kappa shape index (κ3) is 3.11. The molecule has 2 aromatic carbocycles. The Kier molecular flexibility index (Phi) is 4.00. The highest BCUT2D eigenvalue weighted by atomic mass is 16.5. The van der Waals surface area contributed by atoms with Gasteiger partial charge in [-0.15, -0.1) is 0 Å². The van der Waals surface area contributed by atoms with Crippen LogP contribution in [0, 0.1) is 0 Å². The van der Waals surface area contributed by atoms with E-state index in [1.807, 2.05) is 43.3 Å². The maximum atomic E-state index is 5.81. The molecule has 94 valence electrons. The van der Waals surface area contributed by atoms with Crippen molar-refractivity contribution in [1.29, 1.82) is 0 Å². The Morgan fingerprint density at radius 3 is 1.89 bits per heavy atom. The molecule has 1 atom stereocenters. The molecule has 2 N–H and O–H groups in total. The lowest BCUT2D eigenvalue weighted by atomic mass is 10.1. The second-order valence-electron chi connectivity index (χ2n) is 4.46. The van der Waals surface area contributed by atoms with E-state index in [0.29, 0.717) is 0 Å². The predicted molar refractivity (Wildman–Crippen MR) is 74.9 cm³/mol. The molecule has 0 aliphatic heterocycles. The average molecular weight is 241 g/mol. The van der Waals surface area contributed by atoms with Crippen LogP contribution >= 0.6 is 0 Å². The van der Waals surface area contributed by atoms with Crippen LogP contribution in [-0.4, -0.2) is 0 Å². The van der Waals surface area contributed by atoms with E-state index in [9.17, 15) is 0 Å². The lowest BCUT2D eigenvalue weighted by Crippen LogP contribution is -2.04. The number of hydrogen-bond acceptors (Lipinski definition) is 2. The van der Waals surface area contributed by atoms with E-state index in [1.165, 1.54) is 5.56 Å². The summed E-state index contributed by atoms with van der Waals surface area (Å²) >= 11 is 0. The van der Waals surface area contributed by atoms with E-state index in [2.05, 4.69) is 19.1 Å². The molecule has 0 bridgehead atoms. The molecule has 0 fully saturated rings. The predicted octanol–water partition coefficient (Wildman–Crippen LogP) is 4.06. The number of rotatable bonds is 4. The molecule has 0 amide bonds. The maximum absolute atomic E-state index is 5.81. The van der Waals surface area contributed by atoms with Crippen LogP contribution in [0.5, 0.6) is 11.5 Å². The van der Waals surface area contributed by atoms with Crippen LogP contribution in [0.15, 0.2) is 48.5 Å². The van der Waals surface area contributed by atoms with Crippen molar-refractivity contribution in [3.8, 4) is 11.5 Å². The zero-order valence-electron chi connectivity index (χ0n) is 10.9. The van der Waals surface area contributed by atoms with Gasteiger partial charge in [-0.25, -0.2) is 0 Å². The number of aryl methyl sites for hydroxylation is 1. The third-order valence-corrected chi connectivity index (χ3v) is 2.97. The molecule has 0 saturated heterocycles. The van der Waals surface area contributed by atoms with E-state index in [4.69, 9.17) is 10.5 Å². The average Bonchev–Trinajstić information content (AvgIpc) is 2.40. The lowest BCUT2D eigenvalue weighted by molar-refractivity contribution is 0.482. The van der Waals surface area contributed by atoms with E-state index in [1.54, 1.807) is 0 Å². The molecule has 2 rings (SSSR count). The second kappa shape index (κ2) is 5.69. The van der Waals surface area contributed by atoms with Crippen LogP contribution in [0.3, 0.4) is 0 Å². The molecule has 0 aliphatic carbocycles. The standard InChI is InChI=1S/C16H19NO/c1-3-13-4-8-15(9-5-13)18-16-10-6-14(7-11-16)12(2)17/h4-12H,3,17H2,1-2H3/t12-/m1/s1. The minimum atomic E-state index is 0.0582. The van der Waals surface area contributed by atoms with Gasteiger partial charge in [0, 0.05) is 6.04 Å². The Morgan fingerprint density at radius 1 is 0.944 bits per heavy atom. The first kappa shape index (κ1) is 12.7. The van der Waals surface area contributed by atoms with Crippen LogP contribution in [-0.2, 0) is 6.42 Å². The number of nitrogens with two attached hydrogens (primary N) is 1. The summed E-state index contributed by atoms with van der Waals surface area (Å²) in [6.07, 6.45) is 1.05. The molecule has 0 spiro atoms. The van der Waals surface area contributed by atoms with Gasteiger partial charge in [0.1, 0.15) is 11.5 Å². The quantitative estimate of drug-likeness (QED) is 0.876. The summed E-state index contributed by atoms with van der Waals surface area (Å²) in [6, 6.07) is 16.1. The second-order valence-corrected chi connectivity index (χ2v) is 4.46. The molecule has 2 heteroatoms. The van der Waals surface area contributed by atoms with E-state index in [-0.39, 0.29) is 6.04 Å². The van der Waals surface area contributed by atoms with Crippen molar-refractivity contribution in [2.75, 3.05) is 0 Å². The molecular formula is C16H19NO. The zero-order valence-corrected chi connectivity index (χ0v) is 10.9. The number of hydrogen-bond donors (Lipinski definition) is 1. The Bertz CT molecular complexity index is 486. The molecule has 2 aromatic rings. The minimum Gasteiger partial charge on any atom is -0.457 e. The number of ether oxygens (including phenoxy) is 1. The summed E-state index contributed by atoms with van der Waals surface area (Å²) < 4.78 is 5.77. The van der Waals surface area contributed by atoms with Crippen LogP contribution in [0.4, 0.5) is 0 Å². The zero-order chi connectivity index (χ0) is 13.0. The largest absolute Gasteiger partial charge is 0.457 e. The highest BCUT2D eigenvalue weighted by molar-refractivity contribution is 5.35. The summed E-state index contributed by atoms with van der Waals surface area (Å²) in [5, 5.41) is 0. The van der Waals surface area contributed by atoms with Gasteiger partial charge >= 0.3 is 0 Å². The summed E-state index contributed by atoms with van der Waals surface area (Å²) in [5.41, 5.74) is 8.24. The molecule has 0 heterocycles. The van der Waals surface area contributed by atoms with Crippen molar-refractivity contribution in [3.63, 3.8) is 0 Å². The SMILES string of the molecule is CCc1ccc(Oc2ccc([C@@H](C)N)cc2)cc1. The maximum Gasteiger partial charge on any atom is 0.127 e. The van der Waals surface area contributed by atoms with Gasteiger partial charge < -0.3 is 10.5 Å². The van der Waals surface area contributed by atoms with Gasteiger partial charge in [0.2, 0.25) is 0 Å². The molecule has 0 saturated carbocycles. The van der Waals surface area contributed by atoms with Gasteiger partial charge in [0.05, 0.1) is 0 Å². The molecule has 0 unspecified atom stereocenters. The van der Waals surface area contributed by atoms with Gasteiger partial charge in [-0.1, -0.05) is 31.2 Å². The fraction of sp³-hybridized carbons (Fsp3) is 0.250. The Balaban J connectivity index is 2.08. The summed E-state index contributed by atoms with van der Waals surface area (Å²) in [7, 11) is 0. The van der Waals surface area contributed by atoms with Crippen LogP contribution in [0.1, 0.15) is 31.0 Å². The highest BCUT2D eigenvalue weighted by Gasteiger charge is 2.01. The first-order valence-electron chi connectivity index (χ1n) is 6.31. The Labute approximate surface area is 108 Å².